The molecule has 0 aliphatic heterocycles. The summed E-state index contributed by atoms with van der Waals surface area (Å²) >= 11 is 1.80. The van der Waals surface area contributed by atoms with Crippen LogP contribution in [0.3, 0.4) is 0 Å². The molecule has 2 N–H and O–H groups in total. The molecule has 0 fully saturated rings. The zero-order chi connectivity index (χ0) is 18.4. The number of hydrogen-bond donors (Lipinski definition) is 2. The monoisotopic (exact) mass is 497 g/mol. The molecule has 2 aromatic heterocycles. The van der Waals surface area contributed by atoms with Gasteiger partial charge in [0, 0.05) is 37.5 Å². The van der Waals surface area contributed by atoms with Crippen molar-refractivity contribution in [3.63, 3.8) is 0 Å². The molecule has 1 atom stereocenters. The highest BCUT2D eigenvalue weighted by Crippen LogP contribution is 2.19. The Kier molecular flexibility index (Phi) is 8.56. The first-order chi connectivity index (χ1) is 12.7. The minimum Gasteiger partial charge on any atom is -0.356 e. The van der Waals surface area contributed by atoms with E-state index in [1.165, 1.54) is 10.4 Å². The molecule has 7 heteroatoms. The van der Waals surface area contributed by atoms with Crippen LogP contribution in [0.25, 0.3) is 11.0 Å². The highest BCUT2D eigenvalue weighted by molar-refractivity contribution is 14.0. The van der Waals surface area contributed by atoms with Gasteiger partial charge in [-0.15, -0.1) is 35.3 Å². The Bertz CT molecular complexity index is 857. The van der Waals surface area contributed by atoms with Crippen LogP contribution in [-0.2, 0) is 6.54 Å². The van der Waals surface area contributed by atoms with E-state index in [0.29, 0.717) is 5.92 Å². The van der Waals surface area contributed by atoms with Crippen molar-refractivity contribution in [1.82, 2.24) is 20.2 Å². The number of guanidine groups is 1. The van der Waals surface area contributed by atoms with Crippen LogP contribution in [0.5, 0.6) is 0 Å². The molecule has 1 unspecified atom stereocenters. The average Bonchev–Trinajstić information content (AvgIpc) is 3.29. The second-order valence-corrected chi connectivity index (χ2v) is 7.43. The molecule has 27 heavy (non-hydrogen) atoms. The van der Waals surface area contributed by atoms with Crippen LogP contribution >= 0.6 is 35.3 Å². The number of nitrogens with one attached hydrogen (secondary N) is 2. The summed E-state index contributed by atoms with van der Waals surface area (Å²) in [4.78, 5) is 10.3. The summed E-state index contributed by atoms with van der Waals surface area (Å²) in [7, 11) is 1.82. The van der Waals surface area contributed by atoms with Gasteiger partial charge in [-0.2, -0.15) is 0 Å². The second-order valence-electron chi connectivity index (χ2n) is 6.45. The normalized spacial score (nSPS) is 12.6. The largest absolute Gasteiger partial charge is 0.356 e. The van der Waals surface area contributed by atoms with Gasteiger partial charge in [-0.05, 0) is 36.9 Å². The summed E-state index contributed by atoms with van der Waals surface area (Å²) in [6.07, 6.45) is 1.02. The third-order valence-corrected chi connectivity index (χ3v) is 5.63. The summed E-state index contributed by atoms with van der Waals surface area (Å²) in [5, 5.41) is 8.95. The molecule has 0 aliphatic rings. The van der Waals surface area contributed by atoms with Crippen molar-refractivity contribution in [2.75, 3.05) is 20.1 Å². The number of para-hydroxylation sites is 2. The van der Waals surface area contributed by atoms with Crippen molar-refractivity contribution < 1.29 is 0 Å². The summed E-state index contributed by atoms with van der Waals surface area (Å²) in [6, 6.07) is 12.6. The van der Waals surface area contributed by atoms with E-state index in [0.717, 1.165) is 43.4 Å². The van der Waals surface area contributed by atoms with Crippen LogP contribution in [0, 0.1) is 6.92 Å². The van der Waals surface area contributed by atoms with E-state index in [9.17, 15) is 0 Å². The number of aryl methyl sites for hydroxylation is 2. The average molecular weight is 497 g/mol. The zero-order valence-corrected chi connectivity index (χ0v) is 19.3. The minimum absolute atomic E-state index is 0. The molecule has 0 spiro atoms. The van der Waals surface area contributed by atoms with Crippen molar-refractivity contribution in [2.45, 2.75) is 32.7 Å². The molecule has 1 aromatic carbocycles. The molecule has 0 bridgehead atoms. The fraction of sp³-hybridized carbons (Fsp3) is 0.400. The number of nitrogens with zero attached hydrogens (tertiary/aromatic N) is 3. The van der Waals surface area contributed by atoms with Gasteiger partial charge >= 0.3 is 0 Å². The molecule has 2 heterocycles. The third-order valence-electron chi connectivity index (χ3n) is 4.52. The van der Waals surface area contributed by atoms with Gasteiger partial charge < -0.3 is 15.2 Å². The SMILES string of the molecule is CN=C(NCCCn1c(C)nc2ccccc21)NCC(C)c1cccs1.I. The Hall–Kier alpha value is -1.61. The number of fused-ring (bicyclic) bond motifs is 1. The Morgan fingerprint density at radius 3 is 2.78 bits per heavy atom. The van der Waals surface area contributed by atoms with Gasteiger partial charge in [-0.25, -0.2) is 4.98 Å². The maximum atomic E-state index is 4.62. The van der Waals surface area contributed by atoms with Crippen LogP contribution in [0.1, 0.15) is 30.0 Å². The fourth-order valence-electron chi connectivity index (χ4n) is 3.06. The Labute approximate surface area is 182 Å². The molecule has 0 radical (unpaired) electrons. The predicted molar refractivity (Wildman–Crippen MR) is 127 cm³/mol. The van der Waals surface area contributed by atoms with E-state index in [1.54, 1.807) is 11.3 Å². The molecule has 5 nitrogen and oxygen atoms in total. The highest BCUT2D eigenvalue weighted by atomic mass is 127. The van der Waals surface area contributed by atoms with Crippen molar-refractivity contribution in [3.05, 3.63) is 52.5 Å². The first-order valence-corrected chi connectivity index (χ1v) is 9.97. The smallest absolute Gasteiger partial charge is 0.190 e. The Morgan fingerprint density at radius 2 is 2.04 bits per heavy atom. The number of rotatable bonds is 7. The number of aliphatic imine (C=N–C) groups is 1. The van der Waals surface area contributed by atoms with Crippen LogP contribution in [0.2, 0.25) is 0 Å². The third kappa shape index (κ3) is 5.68. The molecular formula is C20H28IN5S. The number of hydrogen-bond acceptors (Lipinski definition) is 3. The highest BCUT2D eigenvalue weighted by Gasteiger charge is 2.08. The van der Waals surface area contributed by atoms with Gasteiger partial charge in [0.2, 0.25) is 0 Å². The van der Waals surface area contributed by atoms with Crippen molar-refractivity contribution in [1.29, 1.82) is 0 Å². The van der Waals surface area contributed by atoms with Gasteiger partial charge in [-0.3, -0.25) is 4.99 Å². The van der Waals surface area contributed by atoms with E-state index in [2.05, 4.69) is 74.7 Å². The predicted octanol–water partition coefficient (Wildman–Crippen LogP) is 4.38. The lowest BCUT2D eigenvalue weighted by Crippen LogP contribution is -2.39. The molecular weight excluding hydrogens is 469 g/mol. The van der Waals surface area contributed by atoms with E-state index in [-0.39, 0.29) is 24.0 Å². The first-order valence-electron chi connectivity index (χ1n) is 9.09. The Morgan fingerprint density at radius 1 is 1.22 bits per heavy atom. The molecule has 3 aromatic rings. The number of thiophene rings is 1. The first kappa shape index (κ1) is 21.7. The van der Waals surface area contributed by atoms with Gasteiger partial charge in [0.05, 0.1) is 11.0 Å². The molecule has 0 saturated heterocycles. The van der Waals surface area contributed by atoms with Gasteiger partial charge in [0.25, 0.3) is 0 Å². The molecule has 3 rings (SSSR count). The maximum absolute atomic E-state index is 4.62. The lowest BCUT2D eigenvalue weighted by atomic mass is 10.1. The van der Waals surface area contributed by atoms with Crippen molar-refractivity contribution in [2.24, 2.45) is 4.99 Å². The van der Waals surface area contributed by atoms with Crippen LogP contribution in [0.15, 0.2) is 46.8 Å². The van der Waals surface area contributed by atoms with Crippen LogP contribution in [0.4, 0.5) is 0 Å². The van der Waals surface area contributed by atoms with Gasteiger partial charge in [0.1, 0.15) is 5.82 Å². The lowest BCUT2D eigenvalue weighted by molar-refractivity contribution is 0.621. The molecule has 146 valence electrons. The summed E-state index contributed by atoms with van der Waals surface area (Å²) in [5.74, 6) is 2.41. The molecule has 0 saturated carbocycles. The number of benzene rings is 1. The quantitative estimate of drug-likeness (QED) is 0.221. The fourth-order valence-corrected chi connectivity index (χ4v) is 3.85. The number of imidazole rings is 1. The Balaban J connectivity index is 0.00000261. The summed E-state index contributed by atoms with van der Waals surface area (Å²) in [5.41, 5.74) is 2.27. The molecule has 0 aliphatic carbocycles. The van der Waals surface area contributed by atoms with E-state index in [4.69, 9.17) is 0 Å². The summed E-state index contributed by atoms with van der Waals surface area (Å²) < 4.78 is 2.28. The lowest BCUT2D eigenvalue weighted by Gasteiger charge is -2.15. The second kappa shape index (κ2) is 10.7. The van der Waals surface area contributed by atoms with E-state index in [1.807, 2.05) is 13.1 Å². The number of aromatic nitrogens is 2. The van der Waals surface area contributed by atoms with Crippen LogP contribution in [-0.4, -0.2) is 35.6 Å². The van der Waals surface area contributed by atoms with Crippen molar-refractivity contribution in [3.8, 4) is 0 Å². The minimum atomic E-state index is 0. The van der Waals surface area contributed by atoms with Gasteiger partial charge in [0.15, 0.2) is 5.96 Å². The van der Waals surface area contributed by atoms with E-state index >= 15 is 0 Å². The number of halogens is 1. The standard InChI is InChI=1S/C20H27N5S.HI/c1-15(19-10-6-13-26-19)14-23-20(21-3)22-11-7-12-25-16(2)24-17-8-4-5-9-18(17)25;/h4-6,8-10,13,15H,7,11-12,14H2,1-3H3,(H2,21,22,23);1H. The topological polar surface area (TPSA) is 54.2 Å². The zero-order valence-electron chi connectivity index (χ0n) is 16.1. The van der Waals surface area contributed by atoms with Crippen LogP contribution < -0.4 is 10.6 Å². The summed E-state index contributed by atoms with van der Waals surface area (Å²) in [6.45, 7) is 7.01. The van der Waals surface area contributed by atoms with Gasteiger partial charge in [-0.1, -0.05) is 25.1 Å². The maximum Gasteiger partial charge on any atom is 0.190 e. The van der Waals surface area contributed by atoms with E-state index < -0.39 is 0 Å². The van der Waals surface area contributed by atoms with Crippen molar-refractivity contribution >= 4 is 52.3 Å². The molecule has 0 amide bonds.